The summed E-state index contributed by atoms with van der Waals surface area (Å²) in [7, 11) is 1.27. The fourth-order valence-electron chi connectivity index (χ4n) is 1.50. The Labute approximate surface area is 136 Å². The molecule has 0 aliphatic heterocycles. The molecule has 23 heavy (non-hydrogen) atoms. The van der Waals surface area contributed by atoms with E-state index in [-0.39, 0.29) is 28.7 Å². The molecule has 124 valence electrons. The summed E-state index contributed by atoms with van der Waals surface area (Å²) in [5.41, 5.74) is 0.0744. The summed E-state index contributed by atoms with van der Waals surface area (Å²) in [6.45, 7) is 0. The van der Waals surface area contributed by atoms with Gasteiger partial charge in [0.2, 0.25) is 0 Å². The Morgan fingerprint density at radius 2 is 2.04 bits per heavy atom. The van der Waals surface area contributed by atoms with Crippen molar-refractivity contribution in [3.05, 3.63) is 28.8 Å². The number of methoxy groups -OCH3 is 1. The van der Waals surface area contributed by atoms with E-state index in [4.69, 9.17) is 11.6 Å². The van der Waals surface area contributed by atoms with Gasteiger partial charge in [-0.2, -0.15) is 13.2 Å². The van der Waals surface area contributed by atoms with Crippen LogP contribution >= 0.6 is 11.6 Å². The van der Waals surface area contributed by atoms with Gasteiger partial charge < -0.3 is 10.1 Å². The van der Waals surface area contributed by atoms with E-state index in [0.717, 1.165) is 0 Å². The first-order chi connectivity index (χ1) is 10.7. The van der Waals surface area contributed by atoms with Gasteiger partial charge >= 0.3 is 18.1 Å². The van der Waals surface area contributed by atoms with Crippen molar-refractivity contribution in [3.63, 3.8) is 0 Å². The molecule has 0 aromatic heterocycles. The monoisotopic (exact) mass is 347 g/mol. The highest BCUT2D eigenvalue weighted by atomic mass is 35.5. The summed E-state index contributed by atoms with van der Waals surface area (Å²) in [5, 5.41) is 2.02. The van der Waals surface area contributed by atoms with Gasteiger partial charge in [0.05, 0.1) is 12.8 Å². The first-order valence-corrected chi connectivity index (χ1v) is 6.85. The lowest BCUT2D eigenvalue weighted by Gasteiger charge is -2.09. The Hall–Kier alpha value is -2.20. The molecule has 0 fully saturated rings. The molecule has 4 nitrogen and oxygen atoms in total. The van der Waals surface area contributed by atoms with E-state index in [9.17, 15) is 22.8 Å². The molecule has 0 heterocycles. The van der Waals surface area contributed by atoms with Crippen LogP contribution in [0.4, 0.5) is 18.9 Å². The lowest BCUT2D eigenvalue weighted by atomic mass is 10.1. The molecule has 0 aliphatic carbocycles. The number of amides is 1. The average molecular weight is 348 g/mol. The number of anilines is 1. The van der Waals surface area contributed by atoms with Crippen molar-refractivity contribution in [2.24, 2.45) is 0 Å². The molecule has 0 atom stereocenters. The van der Waals surface area contributed by atoms with Crippen LogP contribution in [0.3, 0.4) is 0 Å². The van der Waals surface area contributed by atoms with Crippen molar-refractivity contribution in [2.45, 2.75) is 25.4 Å². The first kappa shape index (κ1) is 18.8. The van der Waals surface area contributed by atoms with Crippen LogP contribution in [0.15, 0.2) is 18.2 Å². The molecule has 0 unspecified atom stereocenters. The second kappa shape index (κ2) is 8.44. The van der Waals surface area contributed by atoms with E-state index in [1.54, 1.807) is 5.32 Å². The van der Waals surface area contributed by atoms with Gasteiger partial charge in [-0.1, -0.05) is 23.4 Å². The number of halogens is 4. The number of ether oxygens (including phenoxy) is 1. The second-order valence-electron chi connectivity index (χ2n) is 4.37. The summed E-state index contributed by atoms with van der Waals surface area (Å²) in [6, 6.07) is 3.93. The number of carbonyl (C=O) groups is 2. The summed E-state index contributed by atoms with van der Waals surface area (Å²) < 4.78 is 41.3. The number of esters is 1. The van der Waals surface area contributed by atoms with Gasteiger partial charge in [0.15, 0.2) is 0 Å². The van der Waals surface area contributed by atoms with E-state index in [2.05, 4.69) is 16.6 Å². The predicted octanol–water partition coefficient (Wildman–Crippen LogP) is 3.54. The van der Waals surface area contributed by atoms with Crippen molar-refractivity contribution >= 4 is 29.2 Å². The SMILES string of the molecule is COC(=O)CCCC#Cc1cc(Cl)ccc1NC(=O)C(F)(F)F. The maximum Gasteiger partial charge on any atom is 0.471 e. The number of alkyl halides is 3. The van der Waals surface area contributed by atoms with E-state index in [0.29, 0.717) is 12.8 Å². The molecule has 1 rings (SSSR count). The number of rotatable bonds is 4. The first-order valence-electron chi connectivity index (χ1n) is 6.47. The summed E-state index contributed by atoms with van der Waals surface area (Å²) >= 11 is 5.78. The normalized spacial score (nSPS) is 10.5. The van der Waals surface area contributed by atoms with Crippen molar-refractivity contribution in [3.8, 4) is 11.8 Å². The number of hydrogen-bond acceptors (Lipinski definition) is 3. The van der Waals surface area contributed by atoms with Crippen molar-refractivity contribution in [2.75, 3.05) is 12.4 Å². The van der Waals surface area contributed by atoms with E-state index >= 15 is 0 Å². The maximum absolute atomic E-state index is 12.3. The van der Waals surface area contributed by atoms with Crippen LogP contribution in [0.25, 0.3) is 0 Å². The molecular weight excluding hydrogens is 335 g/mol. The molecule has 0 radical (unpaired) electrons. The van der Waals surface area contributed by atoms with Crippen LogP contribution in [0.2, 0.25) is 5.02 Å². The van der Waals surface area contributed by atoms with Crippen LogP contribution in [0.1, 0.15) is 24.8 Å². The topological polar surface area (TPSA) is 55.4 Å². The summed E-state index contributed by atoms with van der Waals surface area (Å²) in [6.07, 6.45) is -4.01. The minimum absolute atomic E-state index is 0.0859. The highest BCUT2D eigenvalue weighted by Gasteiger charge is 2.38. The number of hydrogen-bond donors (Lipinski definition) is 1. The van der Waals surface area contributed by atoms with Gasteiger partial charge in [-0.05, 0) is 24.6 Å². The van der Waals surface area contributed by atoms with Crippen LogP contribution < -0.4 is 5.32 Å². The van der Waals surface area contributed by atoms with Gasteiger partial charge in [-0.15, -0.1) is 0 Å². The molecule has 1 aromatic rings. The smallest absolute Gasteiger partial charge is 0.469 e. The Bertz CT molecular complexity index is 648. The fourth-order valence-corrected chi connectivity index (χ4v) is 1.68. The second-order valence-corrected chi connectivity index (χ2v) is 4.81. The lowest BCUT2D eigenvalue weighted by molar-refractivity contribution is -0.167. The zero-order chi connectivity index (χ0) is 17.5. The molecule has 0 spiro atoms. The molecule has 1 amide bonds. The van der Waals surface area contributed by atoms with E-state index in [1.807, 2.05) is 0 Å². The van der Waals surface area contributed by atoms with Crippen LogP contribution in [0.5, 0.6) is 0 Å². The standard InChI is InChI=1S/C15H13ClF3NO3/c1-23-13(21)6-4-2-3-5-10-9-11(16)7-8-12(10)20-14(22)15(17,18)19/h7-9H,2,4,6H2,1H3,(H,20,22). The third-order valence-electron chi connectivity index (χ3n) is 2.62. The lowest BCUT2D eigenvalue weighted by Crippen LogP contribution is -2.30. The molecule has 1 N–H and O–H groups in total. The van der Waals surface area contributed by atoms with Gasteiger partial charge in [0, 0.05) is 23.4 Å². The molecule has 0 saturated carbocycles. The van der Waals surface area contributed by atoms with Crippen LogP contribution in [-0.4, -0.2) is 25.2 Å². The molecule has 0 saturated heterocycles. The predicted molar refractivity (Wildman–Crippen MR) is 78.9 cm³/mol. The van der Waals surface area contributed by atoms with Crippen molar-refractivity contribution in [1.29, 1.82) is 0 Å². The number of nitrogens with one attached hydrogen (secondary N) is 1. The molecular formula is C15H13ClF3NO3. The Balaban J connectivity index is 2.80. The summed E-state index contributed by atoms with van der Waals surface area (Å²) in [5.74, 6) is 2.89. The minimum Gasteiger partial charge on any atom is -0.469 e. The van der Waals surface area contributed by atoms with Crippen molar-refractivity contribution in [1.82, 2.24) is 0 Å². The largest absolute Gasteiger partial charge is 0.471 e. The highest BCUT2D eigenvalue weighted by molar-refractivity contribution is 6.30. The van der Waals surface area contributed by atoms with Gasteiger partial charge in [0.1, 0.15) is 0 Å². The minimum atomic E-state index is -5.00. The number of carbonyl (C=O) groups excluding carboxylic acids is 2. The van der Waals surface area contributed by atoms with Crippen LogP contribution in [-0.2, 0) is 14.3 Å². The highest BCUT2D eigenvalue weighted by Crippen LogP contribution is 2.23. The van der Waals surface area contributed by atoms with E-state index in [1.165, 1.54) is 25.3 Å². The third-order valence-corrected chi connectivity index (χ3v) is 2.86. The molecule has 8 heteroatoms. The average Bonchev–Trinajstić information content (AvgIpc) is 2.48. The fraction of sp³-hybridized carbons (Fsp3) is 0.333. The quantitative estimate of drug-likeness (QED) is 0.515. The Morgan fingerprint density at radius 1 is 1.35 bits per heavy atom. The maximum atomic E-state index is 12.3. The zero-order valence-electron chi connectivity index (χ0n) is 12.1. The number of unbranched alkanes of at least 4 members (excludes halogenated alkanes) is 1. The Kier molecular flexibility index (Phi) is 6.91. The third kappa shape index (κ3) is 6.61. The van der Waals surface area contributed by atoms with Gasteiger partial charge in [0.25, 0.3) is 0 Å². The van der Waals surface area contributed by atoms with Crippen LogP contribution in [0, 0.1) is 11.8 Å². The molecule has 0 aliphatic rings. The van der Waals surface area contributed by atoms with E-state index < -0.39 is 12.1 Å². The number of benzene rings is 1. The molecule has 1 aromatic carbocycles. The summed E-state index contributed by atoms with van der Waals surface area (Å²) in [4.78, 5) is 21.9. The van der Waals surface area contributed by atoms with Crippen molar-refractivity contribution < 1.29 is 27.5 Å². The zero-order valence-corrected chi connectivity index (χ0v) is 12.8. The molecule has 0 bridgehead atoms. The van der Waals surface area contributed by atoms with Gasteiger partial charge in [-0.25, -0.2) is 0 Å². The van der Waals surface area contributed by atoms with Gasteiger partial charge in [-0.3, -0.25) is 9.59 Å². The Morgan fingerprint density at radius 3 is 2.65 bits per heavy atom.